The predicted octanol–water partition coefficient (Wildman–Crippen LogP) is 3.21. The summed E-state index contributed by atoms with van der Waals surface area (Å²) in [6.07, 6.45) is 1.18. The van der Waals surface area contributed by atoms with E-state index in [4.69, 9.17) is 21.4 Å². The molecule has 1 aromatic carbocycles. The Morgan fingerprint density at radius 2 is 2.04 bits per heavy atom. The highest BCUT2D eigenvalue weighted by Gasteiger charge is 2.19. The van der Waals surface area contributed by atoms with Crippen molar-refractivity contribution in [3.63, 3.8) is 0 Å². The van der Waals surface area contributed by atoms with Crippen LogP contribution in [0.25, 0.3) is 0 Å². The topological polar surface area (TPSA) is 75.6 Å². The molecule has 1 atom stereocenters. The van der Waals surface area contributed by atoms with Gasteiger partial charge in [0.25, 0.3) is 0 Å². The number of amides is 1. The first-order valence-electron chi connectivity index (χ1n) is 7.51. The third-order valence-electron chi connectivity index (χ3n) is 3.02. The van der Waals surface area contributed by atoms with E-state index >= 15 is 0 Å². The minimum atomic E-state index is -0.993. The molecule has 0 aliphatic heterocycles. The number of nitrogens with one attached hydrogen (secondary N) is 1. The highest BCUT2D eigenvalue weighted by atomic mass is 35.5. The fourth-order valence-corrected chi connectivity index (χ4v) is 2.64. The number of carbonyl (C=O) groups is 2. The number of carboxylic acid groups (broad SMARTS) is 1. The first kappa shape index (κ1) is 19.6. The quantitative estimate of drug-likeness (QED) is 0.593. The molecular weight excluding hydrogens is 338 g/mol. The van der Waals surface area contributed by atoms with Gasteiger partial charge in [0.05, 0.1) is 6.61 Å². The molecule has 1 amide bonds. The second-order valence-electron chi connectivity index (χ2n) is 4.85. The number of rotatable bonds is 11. The lowest BCUT2D eigenvalue weighted by atomic mass is 10.2. The molecule has 0 aromatic heterocycles. The molecular formula is C16H22ClNO4S. The molecule has 2 N–H and O–H groups in total. The second kappa shape index (κ2) is 11.2. The van der Waals surface area contributed by atoms with Crippen LogP contribution in [-0.4, -0.2) is 41.1 Å². The number of hydrogen-bond acceptors (Lipinski definition) is 4. The molecule has 0 fully saturated rings. The lowest BCUT2D eigenvalue weighted by Crippen LogP contribution is -2.41. The largest absolute Gasteiger partial charge is 0.494 e. The van der Waals surface area contributed by atoms with Gasteiger partial charge in [-0.1, -0.05) is 18.5 Å². The van der Waals surface area contributed by atoms with E-state index in [1.807, 2.05) is 6.92 Å². The van der Waals surface area contributed by atoms with Crippen molar-refractivity contribution < 1.29 is 19.4 Å². The van der Waals surface area contributed by atoms with E-state index < -0.39 is 12.0 Å². The van der Waals surface area contributed by atoms with E-state index in [2.05, 4.69) is 5.32 Å². The molecule has 5 nitrogen and oxygen atoms in total. The van der Waals surface area contributed by atoms with E-state index in [0.717, 1.165) is 5.75 Å². The van der Waals surface area contributed by atoms with Crippen LogP contribution in [0.4, 0.5) is 0 Å². The maximum absolute atomic E-state index is 11.8. The second-order valence-corrected chi connectivity index (χ2v) is 6.68. The van der Waals surface area contributed by atoms with Crippen molar-refractivity contribution in [1.82, 2.24) is 5.32 Å². The smallest absolute Gasteiger partial charge is 0.326 e. The monoisotopic (exact) mass is 359 g/mol. The predicted molar refractivity (Wildman–Crippen MR) is 93.4 cm³/mol. The highest BCUT2D eigenvalue weighted by Crippen LogP contribution is 2.15. The Kier molecular flexibility index (Phi) is 9.55. The van der Waals surface area contributed by atoms with Crippen LogP contribution in [-0.2, 0) is 9.59 Å². The van der Waals surface area contributed by atoms with Gasteiger partial charge in [-0.05, 0) is 48.6 Å². The Labute approximate surface area is 145 Å². The van der Waals surface area contributed by atoms with Gasteiger partial charge in [-0.25, -0.2) is 4.79 Å². The van der Waals surface area contributed by atoms with Crippen LogP contribution in [0.3, 0.4) is 0 Å². The number of benzene rings is 1. The van der Waals surface area contributed by atoms with Gasteiger partial charge in [-0.15, -0.1) is 0 Å². The van der Waals surface area contributed by atoms with E-state index in [1.54, 1.807) is 36.0 Å². The van der Waals surface area contributed by atoms with Gasteiger partial charge in [-0.3, -0.25) is 4.79 Å². The molecule has 0 saturated carbocycles. The lowest BCUT2D eigenvalue weighted by Gasteiger charge is -2.14. The van der Waals surface area contributed by atoms with Gasteiger partial charge in [0.1, 0.15) is 11.8 Å². The van der Waals surface area contributed by atoms with Crippen LogP contribution >= 0.6 is 23.4 Å². The van der Waals surface area contributed by atoms with E-state index in [-0.39, 0.29) is 12.3 Å². The van der Waals surface area contributed by atoms with Gasteiger partial charge >= 0.3 is 5.97 Å². The SMILES string of the molecule is CCSCCC(NC(=O)CCCOc1ccc(Cl)cc1)C(=O)O. The molecule has 128 valence electrons. The minimum absolute atomic E-state index is 0.234. The fourth-order valence-electron chi connectivity index (χ4n) is 1.82. The zero-order chi connectivity index (χ0) is 17.1. The summed E-state index contributed by atoms with van der Waals surface area (Å²) in [7, 11) is 0. The van der Waals surface area contributed by atoms with E-state index in [0.29, 0.717) is 36.0 Å². The van der Waals surface area contributed by atoms with Crippen molar-refractivity contribution in [1.29, 1.82) is 0 Å². The van der Waals surface area contributed by atoms with Crippen LogP contribution in [0.2, 0.25) is 5.02 Å². The Bertz CT molecular complexity index is 495. The summed E-state index contributed by atoms with van der Waals surface area (Å²) in [5.74, 6) is 1.08. The summed E-state index contributed by atoms with van der Waals surface area (Å²) in [6, 6.07) is 6.16. The van der Waals surface area contributed by atoms with Gasteiger partial charge in [-0.2, -0.15) is 11.8 Å². The molecule has 23 heavy (non-hydrogen) atoms. The molecule has 0 spiro atoms. The zero-order valence-corrected chi connectivity index (χ0v) is 14.7. The molecule has 0 saturated heterocycles. The van der Waals surface area contributed by atoms with E-state index in [1.165, 1.54) is 0 Å². The fraction of sp³-hybridized carbons (Fsp3) is 0.500. The van der Waals surface area contributed by atoms with Crippen molar-refractivity contribution in [3.05, 3.63) is 29.3 Å². The third-order valence-corrected chi connectivity index (χ3v) is 4.20. The lowest BCUT2D eigenvalue weighted by molar-refractivity contribution is -0.141. The molecule has 0 radical (unpaired) electrons. The van der Waals surface area contributed by atoms with Crippen molar-refractivity contribution >= 4 is 35.2 Å². The zero-order valence-electron chi connectivity index (χ0n) is 13.1. The number of carboxylic acids is 1. The summed E-state index contributed by atoms with van der Waals surface area (Å²) in [6.45, 7) is 2.40. The number of halogens is 1. The molecule has 1 rings (SSSR count). The Hall–Kier alpha value is -1.40. The maximum atomic E-state index is 11.8. The molecule has 0 bridgehead atoms. The third kappa shape index (κ3) is 8.71. The van der Waals surface area contributed by atoms with E-state index in [9.17, 15) is 9.59 Å². The van der Waals surface area contributed by atoms with Crippen LogP contribution in [0.5, 0.6) is 5.75 Å². The molecule has 1 unspecified atom stereocenters. The van der Waals surface area contributed by atoms with Crippen LogP contribution in [0.1, 0.15) is 26.2 Å². The summed E-state index contributed by atoms with van der Waals surface area (Å²) >= 11 is 7.43. The maximum Gasteiger partial charge on any atom is 0.326 e. The number of aliphatic carboxylic acids is 1. The van der Waals surface area contributed by atoms with Crippen molar-refractivity contribution in [2.75, 3.05) is 18.1 Å². The van der Waals surface area contributed by atoms with Gasteiger partial charge in [0, 0.05) is 11.4 Å². The van der Waals surface area contributed by atoms with Crippen molar-refractivity contribution in [2.24, 2.45) is 0 Å². The van der Waals surface area contributed by atoms with Gasteiger partial charge < -0.3 is 15.2 Å². The van der Waals surface area contributed by atoms with Crippen molar-refractivity contribution in [3.8, 4) is 5.75 Å². The Morgan fingerprint density at radius 3 is 2.65 bits per heavy atom. The molecule has 0 heterocycles. The normalized spacial score (nSPS) is 11.7. The summed E-state index contributed by atoms with van der Waals surface area (Å²) in [5.41, 5.74) is 0. The molecule has 0 aliphatic rings. The standard InChI is InChI=1S/C16H22ClNO4S/c1-2-23-11-9-14(16(20)21)18-15(19)4-3-10-22-13-7-5-12(17)6-8-13/h5-8,14H,2-4,9-11H2,1H3,(H,18,19)(H,20,21). The highest BCUT2D eigenvalue weighted by molar-refractivity contribution is 7.99. The van der Waals surface area contributed by atoms with Crippen LogP contribution in [0, 0.1) is 0 Å². The summed E-state index contributed by atoms with van der Waals surface area (Å²) in [4.78, 5) is 22.9. The number of thioether (sulfide) groups is 1. The van der Waals surface area contributed by atoms with Gasteiger partial charge in [0.2, 0.25) is 5.91 Å². The van der Waals surface area contributed by atoms with Gasteiger partial charge in [0.15, 0.2) is 0 Å². The Balaban J connectivity index is 2.23. The van der Waals surface area contributed by atoms with Crippen molar-refractivity contribution in [2.45, 2.75) is 32.2 Å². The number of ether oxygens (including phenoxy) is 1. The summed E-state index contributed by atoms with van der Waals surface area (Å²) in [5, 5.41) is 12.3. The first-order valence-corrected chi connectivity index (χ1v) is 9.04. The molecule has 1 aromatic rings. The van der Waals surface area contributed by atoms with Crippen LogP contribution < -0.4 is 10.1 Å². The number of carbonyl (C=O) groups excluding carboxylic acids is 1. The average molecular weight is 360 g/mol. The molecule has 0 aliphatic carbocycles. The van der Waals surface area contributed by atoms with Crippen LogP contribution in [0.15, 0.2) is 24.3 Å². The summed E-state index contributed by atoms with van der Waals surface area (Å²) < 4.78 is 5.48. The molecule has 7 heteroatoms. The number of hydrogen-bond donors (Lipinski definition) is 2. The Morgan fingerprint density at radius 1 is 1.35 bits per heavy atom. The first-order chi connectivity index (χ1) is 11.0. The minimum Gasteiger partial charge on any atom is -0.494 e. The average Bonchev–Trinajstić information content (AvgIpc) is 2.52.